The molecule has 25 heavy (non-hydrogen) atoms. The van der Waals surface area contributed by atoms with Crippen LogP contribution in [0.15, 0.2) is 18.2 Å². The highest BCUT2D eigenvalue weighted by Crippen LogP contribution is 2.44. The molecule has 2 atom stereocenters. The smallest absolute Gasteiger partial charge is 0.151 e. The quantitative estimate of drug-likeness (QED) is 0.599. The van der Waals surface area contributed by atoms with Crippen molar-refractivity contribution in [1.82, 2.24) is 9.97 Å². The number of nitrogens with one attached hydrogen (secondary N) is 2. The van der Waals surface area contributed by atoms with Crippen molar-refractivity contribution in [3.05, 3.63) is 29.8 Å². The molecule has 4 N–H and O–H groups in total. The molecule has 2 saturated carbocycles. The Morgan fingerprint density at radius 2 is 1.92 bits per heavy atom. The number of hydrogen-bond donors (Lipinski definition) is 3. The van der Waals surface area contributed by atoms with Gasteiger partial charge in [0, 0.05) is 17.2 Å². The monoisotopic (exact) mass is 348 g/mol. The Balaban J connectivity index is 0.000000210. The van der Waals surface area contributed by atoms with Gasteiger partial charge in [0.15, 0.2) is 5.82 Å². The van der Waals surface area contributed by atoms with Crippen molar-refractivity contribution >= 4 is 16.7 Å². The Hall–Kier alpha value is -1.75. The second kappa shape index (κ2) is 9.66. The largest absolute Gasteiger partial charge is 0.342 e. The maximum absolute atomic E-state index is 12.9. The van der Waals surface area contributed by atoms with Crippen LogP contribution in [0.3, 0.4) is 0 Å². The molecular weight excluding hydrogens is 315 g/mol. The van der Waals surface area contributed by atoms with E-state index in [1.807, 2.05) is 27.7 Å². The van der Waals surface area contributed by atoms with E-state index in [0.717, 1.165) is 42.7 Å². The third-order valence-corrected chi connectivity index (χ3v) is 4.68. The average Bonchev–Trinajstić information content (AvgIpc) is 2.99. The fourth-order valence-corrected chi connectivity index (χ4v) is 3.38. The van der Waals surface area contributed by atoms with Crippen LogP contribution in [-0.4, -0.2) is 21.2 Å². The molecule has 0 spiro atoms. The number of H-pyrrole nitrogens is 1. The SMILES string of the molecule is CC.CC.Cc1nc2c(F)cccc2[nH]1.N=C1CCCC2(N)CCC12. The number of imidazole rings is 1. The maximum atomic E-state index is 12.9. The van der Waals surface area contributed by atoms with Crippen LogP contribution in [0.5, 0.6) is 0 Å². The Labute approximate surface area is 150 Å². The number of aromatic nitrogens is 2. The zero-order valence-corrected chi connectivity index (χ0v) is 16.2. The first kappa shape index (κ1) is 21.3. The Kier molecular flexibility index (Phi) is 8.23. The maximum Gasteiger partial charge on any atom is 0.151 e. The standard InChI is InChI=1S/C8H7FN2.C8H14N2.2C2H6/c1-5-10-7-4-2-3-6(9)8(7)11-5;9-7-2-1-4-8(10)5-3-6(7)8;2*1-2/h2-4H,1H3,(H,10,11);6,9H,1-5,10H2;2*1-2H3. The Bertz CT molecular complexity index is 679. The fraction of sp³-hybridized carbons (Fsp3) is 0.600. The lowest BCUT2D eigenvalue weighted by Gasteiger charge is -2.50. The van der Waals surface area contributed by atoms with Gasteiger partial charge in [-0.2, -0.15) is 0 Å². The molecule has 2 fully saturated rings. The molecule has 0 amide bonds. The van der Waals surface area contributed by atoms with E-state index in [2.05, 4.69) is 9.97 Å². The van der Waals surface area contributed by atoms with Gasteiger partial charge < -0.3 is 16.1 Å². The summed E-state index contributed by atoms with van der Waals surface area (Å²) in [5.74, 6) is 0.929. The summed E-state index contributed by atoms with van der Waals surface area (Å²) in [7, 11) is 0. The minimum absolute atomic E-state index is 0.0648. The minimum atomic E-state index is -0.271. The van der Waals surface area contributed by atoms with Crippen LogP contribution in [0, 0.1) is 24.1 Å². The van der Waals surface area contributed by atoms with Gasteiger partial charge in [0.05, 0.1) is 5.52 Å². The molecule has 0 bridgehead atoms. The number of fused-ring (bicyclic) bond motifs is 2. The Morgan fingerprint density at radius 1 is 1.24 bits per heavy atom. The molecule has 0 aliphatic heterocycles. The molecule has 4 nitrogen and oxygen atoms in total. The van der Waals surface area contributed by atoms with Crippen LogP contribution in [0.2, 0.25) is 0 Å². The first-order chi connectivity index (χ1) is 12.0. The molecular formula is C20H33FN4. The van der Waals surface area contributed by atoms with Crippen LogP contribution in [0.4, 0.5) is 4.39 Å². The van der Waals surface area contributed by atoms with Crippen molar-refractivity contribution in [2.75, 3.05) is 0 Å². The number of para-hydroxylation sites is 1. The van der Waals surface area contributed by atoms with E-state index in [9.17, 15) is 4.39 Å². The zero-order chi connectivity index (χ0) is 19.0. The summed E-state index contributed by atoms with van der Waals surface area (Å²) >= 11 is 0. The predicted molar refractivity (Wildman–Crippen MR) is 105 cm³/mol. The number of benzene rings is 1. The summed E-state index contributed by atoms with van der Waals surface area (Å²) in [6.45, 7) is 9.80. The van der Waals surface area contributed by atoms with Gasteiger partial charge in [0.25, 0.3) is 0 Å². The van der Waals surface area contributed by atoms with E-state index in [4.69, 9.17) is 11.1 Å². The summed E-state index contributed by atoms with van der Waals surface area (Å²) in [5, 5.41) is 7.62. The van der Waals surface area contributed by atoms with E-state index in [1.54, 1.807) is 19.1 Å². The lowest BCUT2D eigenvalue weighted by atomic mass is 9.59. The average molecular weight is 349 g/mol. The molecule has 1 aromatic carbocycles. The molecule has 0 radical (unpaired) electrons. The topological polar surface area (TPSA) is 78.5 Å². The number of rotatable bonds is 0. The molecule has 2 aliphatic carbocycles. The van der Waals surface area contributed by atoms with Crippen molar-refractivity contribution in [3.8, 4) is 0 Å². The molecule has 4 rings (SSSR count). The van der Waals surface area contributed by atoms with E-state index in [0.29, 0.717) is 11.4 Å². The molecule has 2 aromatic rings. The van der Waals surface area contributed by atoms with Crippen LogP contribution in [0.1, 0.15) is 65.6 Å². The molecule has 2 unspecified atom stereocenters. The third kappa shape index (κ3) is 4.88. The van der Waals surface area contributed by atoms with E-state index >= 15 is 0 Å². The number of hydrogen-bond acceptors (Lipinski definition) is 3. The molecule has 1 heterocycles. The van der Waals surface area contributed by atoms with Gasteiger partial charge in [0.1, 0.15) is 11.3 Å². The highest BCUT2D eigenvalue weighted by atomic mass is 19.1. The Morgan fingerprint density at radius 3 is 2.40 bits per heavy atom. The summed E-state index contributed by atoms with van der Waals surface area (Å²) in [4.78, 5) is 6.93. The lowest BCUT2D eigenvalue weighted by molar-refractivity contribution is 0.154. The fourth-order valence-electron chi connectivity index (χ4n) is 3.38. The van der Waals surface area contributed by atoms with Crippen molar-refractivity contribution in [2.45, 2.75) is 72.3 Å². The molecule has 1 aromatic heterocycles. The number of nitrogens with two attached hydrogens (primary N) is 1. The number of nitrogens with zero attached hydrogens (tertiary/aromatic N) is 1. The normalized spacial score (nSPS) is 23.6. The second-order valence-electron chi connectivity index (χ2n) is 6.16. The van der Waals surface area contributed by atoms with Gasteiger partial charge in [0.2, 0.25) is 0 Å². The summed E-state index contributed by atoms with van der Waals surface area (Å²) in [6, 6.07) is 4.87. The highest BCUT2D eigenvalue weighted by molar-refractivity contribution is 5.87. The van der Waals surface area contributed by atoms with Gasteiger partial charge in [-0.15, -0.1) is 0 Å². The van der Waals surface area contributed by atoms with Gasteiger partial charge in [-0.05, 0) is 51.2 Å². The van der Waals surface area contributed by atoms with Crippen molar-refractivity contribution in [3.63, 3.8) is 0 Å². The van der Waals surface area contributed by atoms with E-state index in [-0.39, 0.29) is 11.4 Å². The van der Waals surface area contributed by atoms with Gasteiger partial charge in [-0.25, -0.2) is 9.37 Å². The molecule has 5 heteroatoms. The number of aryl methyl sites for hydroxylation is 1. The second-order valence-corrected chi connectivity index (χ2v) is 6.16. The highest BCUT2D eigenvalue weighted by Gasteiger charge is 2.47. The number of aromatic amines is 1. The third-order valence-electron chi connectivity index (χ3n) is 4.68. The number of halogens is 1. The summed E-state index contributed by atoms with van der Waals surface area (Å²) in [6.07, 6.45) is 5.63. The first-order valence-electron chi connectivity index (χ1n) is 9.47. The zero-order valence-electron chi connectivity index (χ0n) is 16.2. The van der Waals surface area contributed by atoms with Crippen molar-refractivity contribution < 1.29 is 4.39 Å². The van der Waals surface area contributed by atoms with Gasteiger partial charge in [-0.1, -0.05) is 33.8 Å². The predicted octanol–water partition coefficient (Wildman–Crippen LogP) is 5.36. The van der Waals surface area contributed by atoms with Crippen molar-refractivity contribution in [2.24, 2.45) is 11.7 Å². The van der Waals surface area contributed by atoms with Gasteiger partial charge >= 0.3 is 0 Å². The van der Waals surface area contributed by atoms with Crippen LogP contribution in [-0.2, 0) is 0 Å². The summed E-state index contributed by atoms with van der Waals surface area (Å²) < 4.78 is 12.9. The lowest BCUT2D eigenvalue weighted by Crippen LogP contribution is -2.59. The first-order valence-corrected chi connectivity index (χ1v) is 9.47. The van der Waals surface area contributed by atoms with E-state index < -0.39 is 0 Å². The van der Waals surface area contributed by atoms with Crippen LogP contribution < -0.4 is 5.73 Å². The van der Waals surface area contributed by atoms with Gasteiger partial charge in [-0.3, -0.25) is 0 Å². The van der Waals surface area contributed by atoms with Crippen molar-refractivity contribution in [1.29, 1.82) is 5.41 Å². The van der Waals surface area contributed by atoms with Crippen LogP contribution >= 0.6 is 0 Å². The molecule has 140 valence electrons. The van der Waals surface area contributed by atoms with E-state index in [1.165, 1.54) is 12.5 Å². The summed E-state index contributed by atoms with van der Waals surface area (Å²) in [5.41, 5.74) is 8.21. The molecule has 2 aliphatic rings. The minimum Gasteiger partial charge on any atom is -0.342 e. The van der Waals surface area contributed by atoms with Crippen LogP contribution in [0.25, 0.3) is 11.0 Å². The molecule has 0 saturated heterocycles.